The van der Waals surface area contributed by atoms with Gasteiger partial charge in [0.05, 0.1) is 0 Å². The van der Waals surface area contributed by atoms with Gasteiger partial charge >= 0.3 is 0 Å². The van der Waals surface area contributed by atoms with E-state index >= 15 is 0 Å². The second-order valence-electron chi connectivity index (χ2n) is 5.27. The van der Waals surface area contributed by atoms with Gasteiger partial charge in [-0.3, -0.25) is 9.78 Å². The third-order valence-corrected chi connectivity index (χ3v) is 3.84. The van der Waals surface area contributed by atoms with E-state index in [0.717, 1.165) is 11.1 Å². The van der Waals surface area contributed by atoms with Crippen LogP contribution in [0.1, 0.15) is 23.0 Å². The molecule has 2 heterocycles. The quantitative estimate of drug-likeness (QED) is 0.702. The minimum atomic E-state index is -0.184. The Morgan fingerprint density at radius 2 is 2.12 bits per heavy atom. The van der Waals surface area contributed by atoms with Crippen molar-refractivity contribution >= 4 is 17.5 Å². The first kappa shape index (κ1) is 16.2. The Kier molecular flexibility index (Phi) is 4.91. The Morgan fingerprint density at radius 1 is 1.25 bits per heavy atom. The zero-order valence-electron chi connectivity index (χ0n) is 13.1. The lowest BCUT2D eigenvalue weighted by Crippen LogP contribution is -2.30. The molecule has 3 rings (SSSR count). The monoisotopic (exact) mass is 341 g/mol. The van der Waals surface area contributed by atoms with E-state index in [-0.39, 0.29) is 11.6 Å². The van der Waals surface area contributed by atoms with Crippen molar-refractivity contribution in [1.82, 2.24) is 15.0 Å². The second-order valence-corrected chi connectivity index (χ2v) is 5.70. The summed E-state index contributed by atoms with van der Waals surface area (Å²) in [6, 6.07) is 12.8. The van der Waals surface area contributed by atoms with E-state index < -0.39 is 0 Å². The van der Waals surface area contributed by atoms with Crippen LogP contribution in [-0.4, -0.2) is 27.5 Å². The standard InChI is InChI=1S/C18H16ClN3O2/c1-2-22(12-13-5-3-7-15(19)9-13)18(23)16-10-17(24-21-16)14-6-4-8-20-11-14/h3-11H,2,12H2,1H3. The molecular weight excluding hydrogens is 326 g/mol. The number of carbonyl (C=O) groups is 1. The van der Waals surface area contributed by atoms with Crippen molar-refractivity contribution in [3.8, 4) is 11.3 Å². The predicted molar refractivity (Wildman–Crippen MR) is 91.6 cm³/mol. The molecule has 3 aromatic rings. The highest BCUT2D eigenvalue weighted by Crippen LogP contribution is 2.20. The van der Waals surface area contributed by atoms with E-state index in [2.05, 4.69) is 10.1 Å². The molecule has 6 heteroatoms. The Morgan fingerprint density at radius 3 is 2.83 bits per heavy atom. The van der Waals surface area contributed by atoms with Crippen molar-refractivity contribution in [3.05, 3.63) is 71.1 Å². The van der Waals surface area contributed by atoms with Gasteiger partial charge in [0.15, 0.2) is 11.5 Å². The molecule has 0 fully saturated rings. The van der Waals surface area contributed by atoms with Crippen molar-refractivity contribution in [1.29, 1.82) is 0 Å². The van der Waals surface area contributed by atoms with Crippen LogP contribution in [-0.2, 0) is 6.54 Å². The first-order valence-electron chi connectivity index (χ1n) is 7.58. The highest BCUT2D eigenvalue weighted by Gasteiger charge is 2.19. The number of rotatable bonds is 5. The molecule has 122 valence electrons. The summed E-state index contributed by atoms with van der Waals surface area (Å²) in [5.41, 5.74) is 2.02. The van der Waals surface area contributed by atoms with Crippen LogP contribution >= 0.6 is 11.6 Å². The smallest absolute Gasteiger partial charge is 0.276 e. The van der Waals surface area contributed by atoms with Crippen LogP contribution in [0.25, 0.3) is 11.3 Å². The van der Waals surface area contributed by atoms with Gasteiger partial charge in [-0.1, -0.05) is 28.9 Å². The Bertz CT molecular complexity index is 833. The summed E-state index contributed by atoms with van der Waals surface area (Å²) >= 11 is 6.00. The number of hydrogen-bond donors (Lipinski definition) is 0. The zero-order valence-corrected chi connectivity index (χ0v) is 13.9. The van der Waals surface area contributed by atoms with E-state index in [0.29, 0.717) is 23.9 Å². The summed E-state index contributed by atoms with van der Waals surface area (Å²) in [6.07, 6.45) is 3.34. The third-order valence-electron chi connectivity index (χ3n) is 3.61. The summed E-state index contributed by atoms with van der Waals surface area (Å²) in [4.78, 5) is 18.4. The minimum Gasteiger partial charge on any atom is -0.355 e. The largest absolute Gasteiger partial charge is 0.355 e. The lowest BCUT2D eigenvalue weighted by atomic mass is 10.2. The number of carbonyl (C=O) groups excluding carboxylic acids is 1. The number of halogens is 1. The van der Waals surface area contributed by atoms with Crippen LogP contribution in [0.5, 0.6) is 0 Å². The maximum atomic E-state index is 12.7. The average Bonchev–Trinajstić information content (AvgIpc) is 3.10. The van der Waals surface area contributed by atoms with Gasteiger partial charge in [-0.2, -0.15) is 0 Å². The van der Waals surface area contributed by atoms with E-state index in [4.69, 9.17) is 16.1 Å². The van der Waals surface area contributed by atoms with Crippen LogP contribution in [0.3, 0.4) is 0 Å². The van der Waals surface area contributed by atoms with Gasteiger partial charge in [0.1, 0.15) is 0 Å². The van der Waals surface area contributed by atoms with Gasteiger partial charge in [0.25, 0.3) is 5.91 Å². The number of aromatic nitrogens is 2. The fourth-order valence-electron chi connectivity index (χ4n) is 2.37. The average molecular weight is 342 g/mol. The molecule has 0 radical (unpaired) electrons. The first-order chi connectivity index (χ1) is 11.7. The highest BCUT2D eigenvalue weighted by molar-refractivity contribution is 6.30. The summed E-state index contributed by atoms with van der Waals surface area (Å²) in [7, 11) is 0. The summed E-state index contributed by atoms with van der Waals surface area (Å²) in [5, 5.41) is 4.55. The minimum absolute atomic E-state index is 0.184. The normalized spacial score (nSPS) is 10.6. The molecule has 0 aliphatic heterocycles. The molecule has 0 saturated carbocycles. The van der Waals surface area contributed by atoms with Gasteiger partial charge in [0.2, 0.25) is 0 Å². The molecule has 0 aliphatic rings. The molecule has 0 spiro atoms. The van der Waals surface area contributed by atoms with Gasteiger partial charge in [-0.05, 0) is 36.8 Å². The Balaban J connectivity index is 1.78. The zero-order chi connectivity index (χ0) is 16.9. The molecule has 0 bridgehead atoms. The molecule has 0 N–H and O–H groups in total. The molecule has 5 nitrogen and oxygen atoms in total. The molecule has 0 unspecified atom stereocenters. The van der Waals surface area contributed by atoms with Crippen molar-refractivity contribution in [3.63, 3.8) is 0 Å². The number of benzene rings is 1. The highest BCUT2D eigenvalue weighted by atomic mass is 35.5. The number of amides is 1. The topological polar surface area (TPSA) is 59.2 Å². The lowest BCUT2D eigenvalue weighted by molar-refractivity contribution is 0.0742. The Labute approximate surface area is 144 Å². The second kappa shape index (κ2) is 7.27. The fraction of sp³-hybridized carbons (Fsp3) is 0.167. The van der Waals surface area contributed by atoms with Crippen molar-refractivity contribution in [2.75, 3.05) is 6.54 Å². The molecule has 24 heavy (non-hydrogen) atoms. The maximum Gasteiger partial charge on any atom is 0.276 e. The van der Waals surface area contributed by atoms with Crippen LogP contribution in [0.15, 0.2) is 59.4 Å². The lowest BCUT2D eigenvalue weighted by Gasteiger charge is -2.19. The van der Waals surface area contributed by atoms with E-state index in [1.54, 1.807) is 35.5 Å². The van der Waals surface area contributed by atoms with Crippen molar-refractivity contribution in [2.45, 2.75) is 13.5 Å². The van der Waals surface area contributed by atoms with Crippen molar-refractivity contribution < 1.29 is 9.32 Å². The Hall–Kier alpha value is -2.66. The first-order valence-corrected chi connectivity index (χ1v) is 7.96. The molecule has 1 aromatic carbocycles. The number of hydrogen-bond acceptors (Lipinski definition) is 4. The molecular formula is C18H16ClN3O2. The molecule has 0 atom stereocenters. The maximum absolute atomic E-state index is 12.7. The van der Waals surface area contributed by atoms with Crippen LogP contribution < -0.4 is 0 Å². The van der Waals surface area contributed by atoms with Gasteiger partial charge in [-0.15, -0.1) is 0 Å². The van der Waals surface area contributed by atoms with Crippen LogP contribution in [0.2, 0.25) is 5.02 Å². The molecule has 0 aliphatic carbocycles. The summed E-state index contributed by atoms with van der Waals surface area (Å²) in [6.45, 7) is 2.94. The van der Waals surface area contributed by atoms with Crippen molar-refractivity contribution in [2.24, 2.45) is 0 Å². The number of pyridine rings is 1. The molecule has 0 saturated heterocycles. The van der Waals surface area contributed by atoms with Gasteiger partial charge in [-0.25, -0.2) is 0 Å². The van der Waals surface area contributed by atoms with E-state index in [1.165, 1.54) is 0 Å². The predicted octanol–water partition coefficient (Wildman–Crippen LogP) is 4.05. The third kappa shape index (κ3) is 3.63. The van der Waals surface area contributed by atoms with Gasteiger partial charge in [0, 0.05) is 42.1 Å². The fourth-order valence-corrected chi connectivity index (χ4v) is 2.58. The summed E-state index contributed by atoms with van der Waals surface area (Å²) < 4.78 is 5.28. The molecule has 2 aromatic heterocycles. The van der Waals surface area contributed by atoms with E-state index in [1.807, 2.05) is 31.2 Å². The SMILES string of the molecule is CCN(Cc1cccc(Cl)c1)C(=O)c1cc(-c2cccnc2)on1. The molecule has 1 amide bonds. The van der Waals surface area contributed by atoms with Crippen LogP contribution in [0.4, 0.5) is 0 Å². The van der Waals surface area contributed by atoms with Gasteiger partial charge < -0.3 is 9.42 Å². The van der Waals surface area contributed by atoms with Crippen LogP contribution in [0, 0.1) is 0 Å². The summed E-state index contributed by atoms with van der Waals surface area (Å²) in [5.74, 6) is 0.335. The number of nitrogens with zero attached hydrogens (tertiary/aromatic N) is 3. The van der Waals surface area contributed by atoms with E-state index in [9.17, 15) is 4.79 Å².